The maximum atomic E-state index is 10.6. The van der Waals surface area contributed by atoms with Gasteiger partial charge in [0.15, 0.2) is 5.78 Å². The Bertz CT molecular complexity index is 252. The van der Waals surface area contributed by atoms with Crippen LogP contribution in [0.4, 0.5) is 0 Å². The van der Waals surface area contributed by atoms with Crippen molar-refractivity contribution in [3.8, 4) is 0 Å². The third-order valence-corrected chi connectivity index (χ3v) is 1.55. The molecule has 2 nitrogen and oxygen atoms in total. The lowest BCUT2D eigenvalue weighted by Gasteiger charge is -1.90. The fourth-order valence-corrected chi connectivity index (χ4v) is 0.673. The van der Waals surface area contributed by atoms with Crippen LogP contribution < -0.4 is 0 Å². The summed E-state index contributed by atoms with van der Waals surface area (Å²) in [6.45, 7) is 5.81. The monoisotopic (exact) mass is 194 g/mol. The van der Waals surface area contributed by atoms with Gasteiger partial charge < -0.3 is 5.11 Å². The van der Waals surface area contributed by atoms with E-state index >= 15 is 0 Å². The van der Waals surface area contributed by atoms with Gasteiger partial charge in [-0.05, 0) is 12.8 Å². The van der Waals surface area contributed by atoms with E-state index in [9.17, 15) is 4.79 Å². The fraction of sp³-hybridized carbons (Fsp3) is 0.417. The summed E-state index contributed by atoms with van der Waals surface area (Å²) in [5.74, 6) is 0.561. The SMILES string of the molecule is CC(=O)c1ccccc1.CC(C)CO. The molecule has 0 radical (unpaired) electrons. The van der Waals surface area contributed by atoms with Gasteiger partial charge in [-0.15, -0.1) is 0 Å². The van der Waals surface area contributed by atoms with Crippen molar-refractivity contribution in [1.29, 1.82) is 0 Å². The predicted octanol–water partition coefficient (Wildman–Crippen LogP) is 2.52. The second kappa shape index (κ2) is 7.27. The van der Waals surface area contributed by atoms with E-state index in [1.165, 1.54) is 0 Å². The Balaban J connectivity index is 0.000000292. The van der Waals surface area contributed by atoms with Crippen LogP contribution in [0.2, 0.25) is 0 Å². The number of hydrogen-bond donors (Lipinski definition) is 1. The van der Waals surface area contributed by atoms with Gasteiger partial charge in [-0.1, -0.05) is 44.2 Å². The smallest absolute Gasteiger partial charge is 0.159 e. The van der Waals surface area contributed by atoms with Crippen LogP contribution in [0.1, 0.15) is 31.1 Å². The summed E-state index contributed by atoms with van der Waals surface area (Å²) in [5.41, 5.74) is 0.775. The van der Waals surface area contributed by atoms with Crippen molar-refractivity contribution in [2.75, 3.05) is 6.61 Å². The Kier molecular flexibility index (Phi) is 6.68. The minimum Gasteiger partial charge on any atom is -0.396 e. The molecule has 0 amide bonds. The molecule has 1 rings (SSSR count). The van der Waals surface area contributed by atoms with Gasteiger partial charge in [-0.3, -0.25) is 4.79 Å². The van der Waals surface area contributed by atoms with Crippen LogP contribution in [0.5, 0.6) is 0 Å². The van der Waals surface area contributed by atoms with Gasteiger partial charge in [-0.25, -0.2) is 0 Å². The van der Waals surface area contributed by atoms with Crippen LogP contribution >= 0.6 is 0 Å². The van der Waals surface area contributed by atoms with E-state index in [1.54, 1.807) is 6.92 Å². The van der Waals surface area contributed by atoms with Gasteiger partial charge in [0.2, 0.25) is 0 Å². The van der Waals surface area contributed by atoms with Crippen molar-refractivity contribution in [3.05, 3.63) is 35.9 Å². The van der Waals surface area contributed by atoms with Gasteiger partial charge >= 0.3 is 0 Å². The average Bonchev–Trinajstić information content (AvgIpc) is 2.20. The summed E-state index contributed by atoms with van der Waals surface area (Å²) in [6, 6.07) is 9.23. The minimum atomic E-state index is 0.121. The first-order valence-corrected chi connectivity index (χ1v) is 4.74. The number of carbonyl (C=O) groups is 1. The molecule has 78 valence electrons. The zero-order chi connectivity index (χ0) is 11.0. The highest BCUT2D eigenvalue weighted by atomic mass is 16.3. The number of aliphatic hydroxyl groups excluding tert-OH is 1. The standard InChI is InChI=1S/C8H8O.C4H10O/c1-7(9)8-5-3-2-4-6-8;1-4(2)3-5/h2-6H,1H3;4-5H,3H2,1-2H3. The second-order valence-electron chi connectivity index (χ2n) is 3.50. The zero-order valence-electron chi connectivity index (χ0n) is 9.03. The Morgan fingerprint density at radius 1 is 1.29 bits per heavy atom. The molecule has 2 heteroatoms. The highest BCUT2D eigenvalue weighted by molar-refractivity contribution is 5.93. The molecule has 0 aromatic heterocycles. The van der Waals surface area contributed by atoms with Gasteiger partial charge in [0, 0.05) is 12.2 Å². The molecule has 0 bridgehead atoms. The highest BCUT2D eigenvalue weighted by Gasteiger charge is 1.92. The lowest BCUT2D eigenvalue weighted by molar-refractivity contribution is 0.101. The first kappa shape index (κ1) is 12.8. The summed E-state index contributed by atoms with van der Waals surface area (Å²) in [5, 5.41) is 8.14. The van der Waals surface area contributed by atoms with Crippen molar-refractivity contribution >= 4 is 5.78 Å². The Morgan fingerprint density at radius 3 is 1.93 bits per heavy atom. The average molecular weight is 194 g/mol. The van der Waals surface area contributed by atoms with Gasteiger partial charge in [0.05, 0.1) is 0 Å². The number of Topliss-reactive ketones (excluding diaryl/α,β-unsaturated/α-hetero) is 1. The molecule has 0 fully saturated rings. The Hall–Kier alpha value is -1.15. The van der Waals surface area contributed by atoms with Crippen LogP contribution in [0, 0.1) is 5.92 Å². The molecule has 0 unspecified atom stereocenters. The molecule has 0 atom stereocenters. The molecule has 0 saturated carbocycles. The molecule has 0 spiro atoms. The van der Waals surface area contributed by atoms with Crippen molar-refractivity contribution in [2.24, 2.45) is 5.92 Å². The lowest BCUT2D eigenvalue weighted by Crippen LogP contribution is -1.90. The normalized spacial score (nSPS) is 9.21. The molecular formula is C12H18O2. The Morgan fingerprint density at radius 2 is 1.71 bits per heavy atom. The number of rotatable bonds is 2. The maximum absolute atomic E-state index is 10.6. The summed E-state index contributed by atoms with van der Waals surface area (Å²) in [6.07, 6.45) is 0. The molecule has 1 aromatic carbocycles. The molecule has 0 aliphatic rings. The van der Waals surface area contributed by atoms with Crippen molar-refractivity contribution < 1.29 is 9.90 Å². The maximum Gasteiger partial charge on any atom is 0.159 e. The van der Waals surface area contributed by atoms with E-state index in [4.69, 9.17) is 5.11 Å². The third kappa shape index (κ3) is 6.38. The first-order chi connectivity index (χ1) is 6.57. The molecule has 0 aliphatic heterocycles. The predicted molar refractivity (Wildman–Crippen MR) is 58.4 cm³/mol. The van der Waals surface area contributed by atoms with Gasteiger partial charge in [0.1, 0.15) is 0 Å². The number of benzene rings is 1. The van der Waals surface area contributed by atoms with E-state index in [0.29, 0.717) is 12.5 Å². The van der Waals surface area contributed by atoms with Gasteiger partial charge in [0.25, 0.3) is 0 Å². The van der Waals surface area contributed by atoms with E-state index in [1.807, 2.05) is 44.2 Å². The molecule has 0 aliphatic carbocycles. The Labute approximate surface area is 85.6 Å². The highest BCUT2D eigenvalue weighted by Crippen LogP contribution is 1.97. The molecule has 0 heterocycles. The molecule has 1 aromatic rings. The van der Waals surface area contributed by atoms with E-state index in [0.717, 1.165) is 5.56 Å². The quantitative estimate of drug-likeness (QED) is 0.734. The van der Waals surface area contributed by atoms with Crippen LogP contribution in [0.3, 0.4) is 0 Å². The van der Waals surface area contributed by atoms with Crippen LogP contribution in [0.15, 0.2) is 30.3 Å². The van der Waals surface area contributed by atoms with Crippen LogP contribution in [-0.4, -0.2) is 17.5 Å². The number of hydrogen-bond acceptors (Lipinski definition) is 2. The molecule has 14 heavy (non-hydrogen) atoms. The first-order valence-electron chi connectivity index (χ1n) is 4.74. The third-order valence-electron chi connectivity index (χ3n) is 1.55. The van der Waals surface area contributed by atoms with Crippen LogP contribution in [0.25, 0.3) is 0 Å². The summed E-state index contributed by atoms with van der Waals surface area (Å²) >= 11 is 0. The topological polar surface area (TPSA) is 37.3 Å². The van der Waals surface area contributed by atoms with E-state index < -0.39 is 0 Å². The lowest BCUT2D eigenvalue weighted by atomic mass is 10.2. The number of aliphatic hydroxyl groups is 1. The summed E-state index contributed by atoms with van der Waals surface area (Å²) < 4.78 is 0. The van der Waals surface area contributed by atoms with Crippen molar-refractivity contribution in [2.45, 2.75) is 20.8 Å². The fourth-order valence-electron chi connectivity index (χ4n) is 0.673. The van der Waals surface area contributed by atoms with Crippen molar-refractivity contribution in [1.82, 2.24) is 0 Å². The number of carbonyl (C=O) groups excluding carboxylic acids is 1. The summed E-state index contributed by atoms with van der Waals surface area (Å²) in [7, 11) is 0. The van der Waals surface area contributed by atoms with Crippen LogP contribution in [-0.2, 0) is 0 Å². The van der Waals surface area contributed by atoms with Crippen molar-refractivity contribution in [3.63, 3.8) is 0 Å². The second-order valence-corrected chi connectivity index (χ2v) is 3.50. The molecular weight excluding hydrogens is 176 g/mol. The summed E-state index contributed by atoms with van der Waals surface area (Å²) in [4.78, 5) is 10.6. The number of ketones is 1. The zero-order valence-corrected chi connectivity index (χ0v) is 9.03. The van der Waals surface area contributed by atoms with E-state index in [2.05, 4.69) is 0 Å². The molecule has 1 N–H and O–H groups in total. The van der Waals surface area contributed by atoms with E-state index in [-0.39, 0.29) is 5.78 Å². The van der Waals surface area contributed by atoms with Gasteiger partial charge in [-0.2, -0.15) is 0 Å². The minimum absolute atomic E-state index is 0.121. The largest absolute Gasteiger partial charge is 0.396 e. The molecule has 0 saturated heterocycles.